The molecule has 0 aliphatic carbocycles. The highest BCUT2D eigenvalue weighted by atomic mass is 35.5. The Bertz CT molecular complexity index is 1150. The summed E-state index contributed by atoms with van der Waals surface area (Å²) in [6.45, 7) is 1.99. The van der Waals surface area contributed by atoms with Gasteiger partial charge in [0.05, 0.1) is 5.02 Å². The van der Waals surface area contributed by atoms with E-state index in [1.54, 1.807) is 13.0 Å². The molecular formula is C19H12ClN3O4. The molecule has 0 fully saturated rings. The van der Waals surface area contributed by atoms with E-state index < -0.39 is 0 Å². The fourth-order valence-corrected chi connectivity index (χ4v) is 3.16. The summed E-state index contributed by atoms with van der Waals surface area (Å²) in [4.78, 5) is 4.51. The number of aryl methyl sites for hydroxylation is 1. The predicted molar refractivity (Wildman–Crippen MR) is 96.5 cm³/mol. The van der Waals surface area contributed by atoms with Gasteiger partial charge in [-0.25, -0.2) is 0 Å². The van der Waals surface area contributed by atoms with E-state index in [0.717, 1.165) is 11.1 Å². The van der Waals surface area contributed by atoms with E-state index >= 15 is 0 Å². The molecule has 2 aromatic heterocycles. The van der Waals surface area contributed by atoms with Gasteiger partial charge in [-0.2, -0.15) is 4.98 Å². The van der Waals surface area contributed by atoms with Crippen molar-refractivity contribution in [1.29, 1.82) is 0 Å². The quantitative estimate of drug-likeness (QED) is 0.506. The van der Waals surface area contributed by atoms with Crippen LogP contribution in [0.15, 0.2) is 51.5 Å². The van der Waals surface area contributed by atoms with Crippen LogP contribution in [-0.2, 0) is 0 Å². The van der Waals surface area contributed by atoms with Crippen LogP contribution in [0, 0.1) is 6.92 Å². The molecule has 8 heteroatoms. The van der Waals surface area contributed by atoms with Crippen molar-refractivity contribution in [3.05, 3.63) is 53.2 Å². The molecule has 0 spiro atoms. The van der Waals surface area contributed by atoms with Crippen LogP contribution in [0.3, 0.4) is 0 Å². The van der Waals surface area contributed by atoms with Gasteiger partial charge in [-0.15, -0.1) is 0 Å². The molecule has 0 unspecified atom stereocenters. The zero-order valence-electron chi connectivity index (χ0n) is 14.1. The van der Waals surface area contributed by atoms with Crippen molar-refractivity contribution >= 4 is 11.6 Å². The van der Waals surface area contributed by atoms with Crippen molar-refractivity contribution in [2.24, 2.45) is 0 Å². The van der Waals surface area contributed by atoms with Crippen LogP contribution < -0.4 is 9.47 Å². The first-order chi connectivity index (χ1) is 13.2. The number of ether oxygens (including phenoxy) is 2. The van der Waals surface area contributed by atoms with Crippen LogP contribution in [0.25, 0.3) is 34.1 Å². The zero-order chi connectivity index (χ0) is 18.4. The van der Waals surface area contributed by atoms with Gasteiger partial charge in [0, 0.05) is 11.1 Å². The Hall–Kier alpha value is -3.32. The summed E-state index contributed by atoms with van der Waals surface area (Å²) in [5.74, 6) is 2.63. The first-order valence-corrected chi connectivity index (χ1v) is 8.54. The summed E-state index contributed by atoms with van der Waals surface area (Å²) in [6, 6.07) is 12.8. The van der Waals surface area contributed by atoms with Crippen molar-refractivity contribution < 1.29 is 18.5 Å². The second kappa shape index (κ2) is 6.14. The van der Waals surface area contributed by atoms with Crippen molar-refractivity contribution in [3.8, 4) is 45.6 Å². The monoisotopic (exact) mass is 381 g/mol. The molecule has 0 amide bonds. The summed E-state index contributed by atoms with van der Waals surface area (Å²) in [5, 5.41) is 8.77. The topological polar surface area (TPSA) is 83.4 Å². The Morgan fingerprint density at radius 2 is 1.81 bits per heavy atom. The molecule has 7 nitrogen and oxygen atoms in total. The van der Waals surface area contributed by atoms with Gasteiger partial charge in [-0.1, -0.05) is 40.1 Å². The Kier molecular flexibility index (Phi) is 3.61. The Labute approximate surface area is 158 Å². The minimum Gasteiger partial charge on any atom is -0.454 e. The number of aromatic nitrogens is 3. The lowest BCUT2D eigenvalue weighted by Crippen LogP contribution is -1.92. The van der Waals surface area contributed by atoms with E-state index in [9.17, 15) is 0 Å². The maximum atomic E-state index is 6.31. The lowest BCUT2D eigenvalue weighted by atomic mass is 10.1. The van der Waals surface area contributed by atoms with Crippen LogP contribution in [0.1, 0.15) is 5.76 Å². The molecule has 0 bridgehead atoms. The minimum atomic E-state index is 0.206. The fourth-order valence-electron chi connectivity index (χ4n) is 2.94. The Balaban J connectivity index is 1.58. The number of rotatable bonds is 3. The smallest absolute Gasteiger partial charge is 0.264 e. The molecule has 0 atom stereocenters. The van der Waals surface area contributed by atoms with E-state index in [1.165, 1.54) is 0 Å². The molecule has 0 saturated heterocycles. The van der Waals surface area contributed by atoms with Crippen molar-refractivity contribution in [3.63, 3.8) is 0 Å². The molecule has 0 N–H and O–H groups in total. The second-order valence-electron chi connectivity index (χ2n) is 5.93. The number of hydrogen-bond donors (Lipinski definition) is 0. The van der Waals surface area contributed by atoms with Gasteiger partial charge in [0.1, 0.15) is 17.0 Å². The van der Waals surface area contributed by atoms with Gasteiger partial charge in [-0.3, -0.25) is 0 Å². The molecule has 27 heavy (non-hydrogen) atoms. The molecule has 0 radical (unpaired) electrons. The molecule has 3 heterocycles. The van der Waals surface area contributed by atoms with Gasteiger partial charge >= 0.3 is 0 Å². The third kappa shape index (κ3) is 2.63. The van der Waals surface area contributed by atoms with Gasteiger partial charge in [0.2, 0.25) is 12.6 Å². The van der Waals surface area contributed by atoms with Crippen molar-refractivity contribution in [2.45, 2.75) is 6.92 Å². The van der Waals surface area contributed by atoms with Gasteiger partial charge in [-0.05, 0) is 31.2 Å². The normalized spacial score (nSPS) is 12.5. The highest BCUT2D eigenvalue weighted by Gasteiger charge is 2.24. The largest absolute Gasteiger partial charge is 0.454 e. The summed E-state index contributed by atoms with van der Waals surface area (Å²) in [7, 11) is 0. The van der Waals surface area contributed by atoms with Crippen molar-refractivity contribution in [2.75, 3.05) is 6.79 Å². The molecule has 1 aliphatic heterocycles. The van der Waals surface area contributed by atoms with Crippen LogP contribution >= 0.6 is 11.6 Å². The molecule has 2 aromatic carbocycles. The van der Waals surface area contributed by atoms with E-state index in [4.69, 9.17) is 30.1 Å². The molecule has 0 saturated carbocycles. The average molecular weight is 382 g/mol. The lowest BCUT2D eigenvalue weighted by Gasteiger charge is -2.01. The number of halogens is 1. The SMILES string of the molecule is Cc1onc(-c2ccccc2Cl)c1-c1nc(-c2ccc3c(c2)OCO3)no1. The third-order valence-electron chi connectivity index (χ3n) is 4.26. The Morgan fingerprint density at radius 3 is 2.70 bits per heavy atom. The van der Waals surface area contributed by atoms with Gasteiger partial charge in [0.15, 0.2) is 11.5 Å². The maximum Gasteiger partial charge on any atom is 0.264 e. The molecule has 134 valence electrons. The predicted octanol–water partition coefficient (Wildman–Crippen LogP) is 4.75. The number of fused-ring (bicyclic) bond motifs is 1. The van der Waals surface area contributed by atoms with Crippen molar-refractivity contribution in [1.82, 2.24) is 15.3 Å². The average Bonchev–Trinajstić information content (AvgIpc) is 3.40. The van der Waals surface area contributed by atoms with E-state index in [-0.39, 0.29) is 6.79 Å². The third-order valence-corrected chi connectivity index (χ3v) is 4.59. The summed E-state index contributed by atoms with van der Waals surface area (Å²) in [5.41, 5.74) is 2.65. The fraction of sp³-hybridized carbons (Fsp3) is 0.105. The molecular weight excluding hydrogens is 370 g/mol. The first kappa shape index (κ1) is 15.9. The number of hydrogen-bond acceptors (Lipinski definition) is 7. The maximum absolute atomic E-state index is 6.31. The standard InChI is InChI=1S/C19H12ClN3O4/c1-10-16(17(22-26-10)12-4-2-3-5-13(12)20)19-21-18(23-27-19)11-6-7-14-15(8-11)25-9-24-14/h2-8H,9H2,1H3. The van der Waals surface area contributed by atoms with E-state index in [0.29, 0.717) is 45.3 Å². The Morgan fingerprint density at radius 1 is 0.963 bits per heavy atom. The van der Waals surface area contributed by atoms with E-state index in [1.807, 2.05) is 36.4 Å². The molecule has 4 aromatic rings. The molecule has 5 rings (SSSR count). The highest BCUT2D eigenvalue weighted by molar-refractivity contribution is 6.33. The summed E-state index contributed by atoms with van der Waals surface area (Å²) in [6.07, 6.45) is 0. The van der Waals surface area contributed by atoms with Crippen LogP contribution in [0.2, 0.25) is 5.02 Å². The number of benzene rings is 2. The van der Waals surface area contributed by atoms with Gasteiger partial charge < -0.3 is 18.5 Å². The van der Waals surface area contributed by atoms with Crippen LogP contribution in [0.4, 0.5) is 0 Å². The zero-order valence-corrected chi connectivity index (χ0v) is 14.9. The summed E-state index contributed by atoms with van der Waals surface area (Å²) >= 11 is 6.31. The minimum absolute atomic E-state index is 0.206. The lowest BCUT2D eigenvalue weighted by molar-refractivity contribution is 0.174. The highest BCUT2D eigenvalue weighted by Crippen LogP contribution is 2.38. The molecule has 1 aliphatic rings. The van der Waals surface area contributed by atoms with E-state index in [2.05, 4.69) is 15.3 Å². The van der Waals surface area contributed by atoms with Crippen LogP contribution in [-0.4, -0.2) is 22.1 Å². The van der Waals surface area contributed by atoms with Crippen LogP contribution in [0.5, 0.6) is 11.5 Å². The summed E-state index contributed by atoms with van der Waals surface area (Å²) < 4.78 is 21.6. The second-order valence-corrected chi connectivity index (χ2v) is 6.34. The van der Waals surface area contributed by atoms with Gasteiger partial charge in [0.25, 0.3) is 5.89 Å². The first-order valence-electron chi connectivity index (χ1n) is 8.16. The number of nitrogens with zero attached hydrogens (tertiary/aromatic N) is 3.